The predicted octanol–water partition coefficient (Wildman–Crippen LogP) is 2.09. The van der Waals surface area contributed by atoms with E-state index in [4.69, 9.17) is 14.6 Å². The number of hydrogen-bond donors (Lipinski definition) is 1. The monoisotopic (exact) mass is 460 g/mol. The van der Waals surface area contributed by atoms with Crippen molar-refractivity contribution >= 4 is 23.2 Å². The lowest BCUT2D eigenvalue weighted by molar-refractivity contribution is -0.192. The fourth-order valence-corrected chi connectivity index (χ4v) is 4.31. The lowest BCUT2D eigenvalue weighted by atomic mass is 10.1. The average molecular weight is 460 g/mol. The fourth-order valence-electron chi connectivity index (χ4n) is 3.65. The van der Waals surface area contributed by atoms with Crippen LogP contribution in [0, 0.1) is 5.92 Å². The zero-order valence-corrected chi connectivity index (χ0v) is 17.6. The van der Waals surface area contributed by atoms with E-state index in [9.17, 15) is 18.0 Å². The molecule has 8 nitrogen and oxygen atoms in total. The predicted molar refractivity (Wildman–Crippen MR) is 106 cm³/mol. The van der Waals surface area contributed by atoms with Gasteiger partial charge in [0, 0.05) is 51.9 Å². The Morgan fingerprint density at radius 1 is 1.32 bits per heavy atom. The lowest BCUT2D eigenvalue weighted by Crippen LogP contribution is -2.37. The van der Waals surface area contributed by atoms with Crippen LogP contribution in [-0.4, -0.2) is 81.6 Å². The number of aryl methyl sites for hydroxylation is 1. The Bertz CT molecular complexity index is 887. The topological polar surface area (TPSA) is 87.9 Å². The van der Waals surface area contributed by atoms with Gasteiger partial charge in [-0.3, -0.25) is 14.4 Å². The number of ether oxygens (including phenoxy) is 1. The zero-order valence-electron chi connectivity index (χ0n) is 16.8. The molecule has 1 amide bonds. The molecule has 0 bridgehead atoms. The molecule has 2 aliphatic rings. The van der Waals surface area contributed by atoms with Gasteiger partial charge in [0.15, 0.2) is 0 Å². The molecule has 12 heteroatoms. The summed E-state index contributed by atoms with van der Waals surface area (Å²) in [6, 6.07) is 2.18. The standard InChI is InChI=1S/C17H22N4O2S.C2HF3O2/c1-19-8-14(6-18-19)17(22)21-3-4-23-16-11-20(9-15(16)10-21)7-13-2-5-24-12-13;3-2(4,5)1(6)7/h2,5-6,8,12,15-16H,3-4,7,9-11H2,1H3;(H,6,7)/t15-,16-;/m1./s1. The maximum absolute atomic E-state index is 12.7. The summed E-state index contributed by atoms with van der Waals surface area (Å²) in [6.45, 7) is 4.94. The highest BCUT2D eigenvalue weighted by atomic mass is 32.1. The van der Waals surface area contributed by atoms with Crippen LogP contribution in [0.3, 0.4) is 0 Å². The van der Waals surface area contributed by atoms with Gasteiger partial charge in [0.05, 0.1) is 24.5 Å². The van der Waals surface area contributed by atoms with Crippen LogP contribution in [-0.2, 0) is 23.1 Å². The molecule has 2 atom stereocenters. The summed E-state index contributed by atoms with van der Waals surface area (Å²) in [4.78, 5) is 26.0. The smallest absolute Gasteiger partial charge is 0.475 e. The molecule has 0 aliphatic carbocycles. The van der Waals surface area contributed by atoms with Gasteiger partial charge in [-0.15, -0.1) is 0 Å². The number of rotatable bonds is 3. The number of hydrogen-bond acceptors (Lipinski definition) is 6. The van der Waals surface area contributed by atoms with E-state index < -0.39 is 12.1 Å². The van der Waals surface area contributed by atoms with Gasteiger partial charge in [-0.05, 0) is 22.4 Å². The molecule has 1 N–H and O–H groups in total. The molecule has 170 valence electrons. The first kappa shape index (κ1) is 23.2. The summed E-state index contributed by atoms with van der Waals surface area (Å²) in [5, 5.41) is 15.6. The highest BCUT2D eigenvalue weighted by Crippen LogP contribution is 2.26. The Labute approximate surface area is 180 Å². The van der Waals surface area contributed by atoms with Crippen molar-refractivity contribution in [2.45, 2.75) is 18.8 Å². The molecule has 4 rings (SSSR count). The van der Waals surface area contributed by atoms with Crippen LogP contribution in [0.5, 0.6) is 0 Å². The number of thiophene rings is 1. The number of aliphatic carboxylic acids is 1. The first-order valence-electron chi connectivity index (χ1n) is 9.56. The second kappa shape index (κ2) is 9.79. The molecular formula is C19H23F3N4O4S. The van der Waals surface area contributed by atoms with Crippen molar-refractivity contribution in [2.24, 2.45) is 13.0 Å². The van der Waals surface area contributed by atoms with Crippen LogP contribution in [0.4, 0.5) is 13.2 Å². The van der Waals surface area contributed by atoms with Crippen LogP contribution < -0.4 is 0 Å². The number of carboxylic acid groups (broad SMARTS) is 1. The summed E-state index contributed by atoms with van der Waals surface area (Å²) in [6.07, 6.45) is -1.43. The van der Waals surface area contributed by atoms with Gasteiger partial charge in [-0.25, -0.2) is 4.79 Å². The maximum atomic E-state index is 12.7. The third kappa shape index (κ3) is 6.28. The third-order valence-electron chi connectivity index (χ3n) is 5.07. The number of amides is 1. The Hall–Kier alpha value is -2.44. The molecule has 4 heterocycles. The number of carboxylic acids is 1. The van der Waals surface area contributed by atoms with Gasteiger partial charge < -0.3 is 14.7 Å². The van der Waals surface area contributed by atoms with Crippen LogP contribution in [0.1, 0.15) is 15.9 Å². The van der Waals surface area contributed by atoms with E-state index in [1.807, 2.05) is 11.9 Å². The van der Waals surface area contributed by atoms with Gasteiger partial charge in [0.1, 0.15) is 0 Å². The SMILES string of the molecule is Cn1cc(C(=O)N2CCO[C@@H]3CN(Cc4ccsc4)C[C@@H]3C2)cn1.O=C(O)C(F)(F)F. The third-order valence-corrected chi connectivity index (χ3v) is 5.80. The first-order chi connectivity index (χ1) is 14.6. The quantitative estimate of drug-likeness (QED) is 0.755. The van der Waals surface area contributed by atoms with E-state index in [1.54, 1.807) is 28.4 Å². The molecule has 0 saturated carbocycles. The first-order valence-corrected chi connectivity index (χ1v) is 10.5. The van der Waals surface area contributed by atoms with E-state index in [2.05, 4.69) is 26.8 Å². The number of fused-ring (bicyclic) bond motifs is 1. The number of likely N-dealkylation sites (tertiary alicyclic amines) is 1. The van der Waals surface area contributed by atoms with Crippen LogP contribution in [0.2, 0.25) is 0 Å². The summed E-state index contributed by atoms with van der Waals surface area (Å²) < 4.78 is 39.4. The van der Waals surface area contributed by atoms with Gasteiger partial charge in [-0.1, -0.05) is 0 Å². The molecule has 2 aliphatic heterocycles. The second-order valence-corrected chi connectivity index (χ2v) is 8.23. The van der Waals surface area contributed by atoms with E-state index in [0.717, 1.165) is 26.2 Å². The van der Waals surface area contributed by atoms with Crippen LogP contribution >= 0.6 is 11.3 Å². The molecule has 0 unspecified atom stereocenters. The fraction of sp³-hybridized carbons (Fsp3) is 0.526. The number of nitrogens with zero attached hydrogens (tertiary/aromatic N) is 4. The van der Waals surface area contributed by atoms with E-state index in [0.29, 0.717) is 24.6 Å². The minimum atomic E-state index is -5.08. The molecule has 2 fully saturated rings. The minimum absolute atomic E-state index is 0.0589. The van der Waals surface area contributed by atoms with Crippen molar-refractivity contribution in [1.82, 2.24) is 19.6 Å². The molecule has 0 aromatic carbocycles. The van der Waals surface area contributed by atoms with Crippen molar-refractivity contribution in [3.63, 3.8) is 0 Å². The summed E-state index contributed by atoms with van der Waals surface area (Å²) >= 11 is 1.74. The van der Waals surface area contributed by atoms with Crippen molar-refractivity contribution in [1.29, 1.82) is 0 Å². The van der Waals surface area contributed by atoms with Crippen molar-refractivity contribution < 1.29 is 32.6 Å². The van der Waals surface area contributed by atoms with Gasteiger partial charge in [0.25, 0.3) is 5.91 Å². The summed E-state index contributed by atoms with van der Waals surface area (Å²) in [5.74, 6) is -2.32. The summed E-state index contributed by atoms with van der Waals surface area (Å²) in [5.41, 5.74) is 2.02. The number of carbonyl (C=O) groups is 2. The highest BCUT2D eigenvalue weighted by molar-refractivity contribution is 7.07. The minimum Gasteiger partial charge on any atom is -0.475 e. The normalized spacial score (nSPS) is 21.7. The number of aromatic nitrogens is 2. The maximum Gasteiger partial charge on any atom is 0.490 e. The van der Waals surface area contributed by atoms with Crippen molar-refractivity contribution in [2.75, 3.05) is 32.8 Å². The van der Waals surface area contributed by atoms with Crippen molar-refractivity contribution in [3.05, 3.63) is 40.3 Å². The zero-order chi connectivity index (χ0) is 22.6. The van der Waals surface area contributed by atoms with E-state index >= 15 is 0 Å². The average Bonchev–Trinajstić information content (AvgIpc) is 3.41. The second-order valence-electron chi connectivity index (χ2n) is 7.45. The molecular weight excluding hydrogens is 437 g/mol. The largest absolute Gasteiger partial charge is 0.490 e. The van der Waals surface area contributed by atoms with Gasteiger partial charge >= 0.3 is 12.1 Å². The Morgan fingerprint density at radius 3 is 2.65 bits per heavy atom. The van der Waals surface area contributed by atoms with Crippen LogP contribution in [0.15, 0.2) is 29.2 Å². The molecule has 0 radical (unpaired) electrons. The highest BCUT2D eigenvalue weighted by Gasteiger charge is 2.38. The molecule has 2 aromatic rings. The Balaban J connectivity index is 0.000000339. The number of carbonyl (C=O) groups excluding carboxylic acids is 1. The molecule has 2 saturated heterocycles. The Morgan fingerprint density at radius 2 is 2.06 bits per heavy atom. The molecule has 31 heavy (non-hydrogen) atoms. The van der Waals surface area contributed by atoms with Gasteiger partial charge in [-0.2, -0.15) is 29.6 Å². The lowest BCUT2D eigenvalue weighted by Gasteiger charge is -2.23. The van der Waals surface area contributed by atoms with E-state index in [1.165, 1.54) is 5.56 Å². The van der Waals surface area contributed by atoms with E-state index in [-0.39, 0.29) is 12.0 Å². The molecule has 2 aromatic heterocycles. The Kier molecular flexibility index (Phi) is 7.34. The van der Waals surface area contributed by atoms with Gasteiger partial charge in [0.2, 0.25) is 0 Å². The summed E-state index contributed by atoms with van der Waals surface area (Å²) in [7, 11) is 1.83. The molecule has 0 spiro atoms. The number of alkyl halides is 3. The van der Waals surface area contributed by atoms with Crippen molar-refractivity contribution in [3.8, 4) is 0 Å². The van der Waals surface area contributed by atoms with Crippen LogP contribution in [0.25, 0.3) is 0 Å². The number of halogens is 3.